The van der Waals surface area contributed by atoms with E-state index < -0.39 is 12.0 Å². The zero-order valence-electron chi connectivity index (χ0n) is 9.06. The number of rotatable bonds is 8. The normalized spacial score (nSPS) is 11.8. The van der Waals surface area contributed by atoms with Crippen LogP contribution < -0.4 is 11.1 Å². The molecular formula is C9H16N2O4S. The Morgan fingerprint density at radius 1 is 1.38 bits per heavy atom. The first-order valence-corrected chi connectivity index (χ1v) is 5.95. The monoisotopic (exact) mass is 248 g/mol. The second-order valence-corrected chi connectivity index (χ2v) is 4.43. The molecule has 4 N–H and O–H groups in total. The minimum atomic E-state index is -1.05. The van der Waals surface area contributed by atoms with E-state index in [0.29, 0.717) is 17.9 Å². The van der Waals surface area contributed by atoms with Crippen LogP contribution in [-0.4, -0.2) is 40.4 Å². The van der Waals surface area contributed by atoms with Crippen LogP contribution in [0.15, 0.2) is 0 Å². The molecule has 1 unspecified atom stereocenters. The maximum atomic E-state index is 10.7. The molecule has 0 saturated carbocycles. The van der Waals surface area contributed by atoms with E-state index in [1.165, 1.54) is 18.7 Å². The first-order chi connectivity index (χ1) is 7.43. The van der Waals surface area contributed by atoms with Crippen molar-refractivity contribution in [3.63, 3.8) is 0 Å². The molecule has 0 saturated heterocycles. The average molecular weight is 248 g/mol. The van der Waals surface area contributed by atoms with E-state index in [9.17, 15) is 14.4 Å². The van der Waals surface area contributed by atoms with Crippen LogP contribution in [0.25, 0.3) is 0 Å². The van der Waals surface area contributed by atoms with Crippen molar-refractivity contribution in [1.82, 2.24) is 5.32 Å². The van der Waals surface area contributed by atoms with Gasteiger partial charge in [0.25, 0.3) is 0 Å². The fraction of sp³-hybridized carbons (Fsp3) is 0.667. The molecule has 0 aliphatic heterocycles. The summed E-state index contributed by atoms with van der Waals surface area (Å²) in [6.07, 6.45) is 0.612. The molecule has 0 fully saturated rings. The van der Waals surface area contributed by atoms with Crippen molar-refractivity contribution >= 4 is 29.5 Å². The Bertz CT molecular complexity index is 270. The average Bonchev–Trinajstić information content (AvgIpc) is 2.14. The standard InChI is InChI=1S/C9H16N2O4S/c1-6(12)11-7(9(14)15)2-4-16-5-3-8(10)13/h7H,2-5H2,1H3,(H2,10,13)(H,11,12)(H,14,15). The molecule has 0 heterocycles. The predicted molar refractivity (Wildman–Crippen MR) is 61.0 cm³/mol. The SMILES string of the molecule is CC(=O)NC(CCSCCC(N)=O)C(=O)O. The molecule has 0 aromatic heterocycles. The molecule has 92 valence electrons. The van der Waals surface area contributed by atoms with E-state index in [1.807, 2.05) is 0 Å². The molecule has 0 aliphatic carbocycles. The van der Waals surface area contributed by atoms with Gasteiger partial charge in [0, 0.05) is 19.1 Å². The van der Waals surface area contributed by atoms with Crippen molar-refractivity contribution in [3.8, 4) is 0 Å². The number of carboxylic acid groups (broad SMARTS) is 1. The van der Waals surface area contributed by atoms with Crippen LogP contribution in [0.3, 0.4) is 0 Å². The fourth-order valence-corrected chi connectivity index (χ4v) is 1.93. The van der Waals surface area contributed by atoms with Crippen molar-refractivity contribution in [2.45, 2.75) is 25.8 Å². The minimum absolute atomic E-state index is 0.280. The first-order valence-electron chi connectivity index (χ1n) is 4.79. The number of amides is 2. The Morgan fingerprint density at radius 2 is 2.00 bits per heavy atom. The van der Waals surface area contributed by atoms with E-state index in [1.54, 1.807) is 0 Å². The van der Waals surface area contributed by atoms with Crippen LogP contribution in [0, 0.1) is 0 Å². The zero-order chi connectivity index (χ0) is 12.6. The predicted octanol–water partition coefficient (Wildman–Crippen LogP) is -0.426. The van der Waals surface area contributed by atoms with Crippen molar-refractivity contribution in [2.75, 3.05) is 11.5 Å². The van der Waals surface area contributed by atoms with Gasteiger partial charge in [-0.15, -0.1) is 0 Å². The van der Waals surface area contributed by atoms with E-state index in [4.69, 9.17) is 10.8 Å². The summed E-state index contributed by atoms with van der Waals surface area (Å²) in [5.74, 6) is -0.656. The van der Waals surface area contributed by atoms with Gasteiger partial charge in [0.2, 0.25) is 11.8 Å². The van der Waals surface area contributed by atoms with Crippen LogP contribution in [0.2, 0.25) is 0 Å². The number of aliphatic carboxylic acids is 1. The van der Waals surface area contributed by atoms with Gasteiger partial charge < -0.3 is 16.2 Å². The molecule has 0 spiro atoms. The summed E-state index contributed by atoms with van der Waals surface area (Å²) in [7, 11) is 0. The summed E-state index contributed by atoms with van der Waals surface area (Å²) >= 11 is 1.44. The lowest BCUT2D eigenvalue weighted by Crippen LogP contribution is -2.39. The number of carbonyl (C=O) groups excluding carboxylic acids is 2. The highest BCUT2D eigenvalue weighted by molar-refractivity contribution is 7.99. The van der Waals surface area contributed by atoms with Crippen LogP contribution in [-0.2, 0) is 14.4 Å². The lowest BCUT2D eigenvalue weighted by Gasteiger charge is -2.12. The fourth-order valence-electron chi connectivity index (χ4n) is 0.979. The highest BCUT2D eigenvalue weighted by Crippen LogP contribution is 2.06. The second kappa shape index (κ2) is 7.98. The first kappa shape index (κ1) is 14.8. The Kier molecular flexibility index (Phi) is 7.36. The summed E-state index contributed by atoms with van der Waals surface area (Å²) < 4.78 is 0. The number of primary amides is 1. The maximum Gasteiger partial charge on any atom is 0.326 e. The number of nitrogens with two attached hydrogens (primary N) is 1. The van der Waals surface area contributed by atoms with Crippen LogP contribution >= 0.6 is 11.8 Å². The highest BCUT2D eigenvalue weighted by Gasteiger charge is 2.17. The number of carbonyl (C=O) groups is 3. The molecular weight excluding hydrogens is 232 g/mol. The summed E-state index contributed by atoms with van der Waals surface area (Å²) in [5, 5.41) is 11.1. The summed E-state index contributed by atoms with van der Waals surface area (Å²) in [4.78, 5) is 31.8. The molecule has 0 aliphatic rings. The maximum absolute atomic E-state index is 10.7. The van der Waals surface area contributed by atoms with Gasteiger partial charge in [0.05, 0.1) is 0 Å². The zero-order valence-corrected chi connectivity index (χ0v) is 9.88. The Balaban J connectivity index is 3.72. The lowest BCUT2D eigenvalue weighted by molar-refractivity contribution is -0.141. The van der Waals surface area contributed by atoms with E-state index in [-0.39, 0.29) is 18.2 Å². The number of hydrogen-bond acceptors (Lipinski definition) is 4. The van der Waals surface area contributed by atoms with E-state index in [0.717, 1.165) is 0 Å². The van der Waals surface area contributed by atoms with Crippen LogP contribution in [0.1, 0.15) is 19.8 Å². The smallest absolute Gasteiger partial charge is 0.326 e. The Morgan fingerprint density at radius 3 is 2.44 bits per heavy atom. The van der Waals surface area contributed by atoms with Gasteiger partial charge in [-0.05, 0) is 12.2 Å². The second-order valence-electron chi connectivity index (χ2n) is 3.21. The molecule has 0 bridgehead atoms. The van der Waals surface area contributed by atoms with Gasteiger partial charge in [-0.1, -0.05) is 0 Å². The van der Waals surface area contributed by atoms with Gasteiger partial charge in [-0.25, -0.2) is 4.79 Å². The number of nitrogens with one attached hydrogen (secondary N) is 1. The molecule has 0 rings (SSSR count). The van der Waals surface area contributed by atoms with Crippen molar-refractivity contribution < 1.29 is 19.5 Å². The molecule has 1 atom stereocenters. The molecule has 7 heteroatoms. The molecule has 6 nitrogen and oxygen atoms in total. The minimum Gasteiger partial charge on any atom is -0.480 e. The van der Waals surface area contributed by atoms with E-state index >= 15 is 0 Å². The van der Waals surface area contributed by atoms with Gasteiger partial charge in [0.15, 0.2) is 0 Å². The van der Waals surface area contributed by atoms with Gasteiger partial charge in [-0.3, -0.25) is 9.59 Å². The number of hydrogen-bond donors (Lipinski definition) is 3. The summed E-state index contributed by atoms with van der Waals surface area (Å²) in [6, 6.07) is -0.862. The third-order valence-corrected chi connectivity index (χ3v) is 2.74. The lowest BCUT2D eigenvalue weighted by atomic mass is 10.2. The van der Waals surface area contributed by atoms with Crippen molar-refractivity contribution in [2.24, 2.45) is 5.73 Å². The molecule has 0 radical (unpaired) electrons. The summed E-state index contributed by atoms with van der Waals surface area (Å²) in [5.41, 5.74) is 4.95. The molecule has 0 aromatic carbocycles. The molecule has 0 aromatic rings. The molecule has 16 heavy (non-hydrogen) atoms. The number of thioether (sulfide) groups is 1. The van der Waals surface area contributed by atoms with Crippen molar-refractivity contribution in [1.29, 1.82) is 0 Å². The molecule has 2 amide bonds. The Hall–Kier alpha value is -1.24. The Labute approximate surface area is 98.0 Å². The van der Waals surface area contributed by atoms with E-state index in [2.05, 4.69) is 5.32 Å². The van der Waals surface area contributed by atoms with Crippen molar-refractivity contribution in [3.05, 3.63) is 0 Å². The van der Waals surface area contributed by atoms with Gasteiger partial charge in [0.1, 0.15) is 6.04 Å². The van der Waals surface area contributed by atoms with Gasteiger partial charge >= 0.3 is 5.97 Å². The van der Waals surface area contributed by atoms with Crippen LogP contribution in [0.4, 0.5) is 0 Å². The highest BCUT2D eigenvalue weighted by atomic mass is 32.2. The van der Waals surface area contributed by atoms with Crippen LogP contribution in [0.5, 0.6) is 0 Å². The summed E-state index contributed by atoms with van der Waals surface area (Å²) in [6.45, 7) is 1.27. The van der Waals surface area contributed by atoms with Gasteiger partial charge in [-0.2, -0.15) is 11.8 Å². The third-order valence-electron chi connectivity index (χ3n) is 1.72. The topological polar surface area (TPSA) is 109 Å². The third kappa shape index (κ3) is 8.10. The quantitative estimate of drug-likeness (QED) is 0.505. The largest absolute Gasteiger partial charge is 0.480 e. The number of carboxylic acids is 1.